The molecule has 0 spiro atoms. The maximum atomic E-state index is 4.73. The predicted molar refractivity (Wildman–Crippen MR) is 27.5 cm³/mol. The Bertz CT molecular complexity index is 8.49. The molecule has 0 saturated heterocycles. The van der Waals surface area contributed by atoms with Crippen LogP contribution >= 0.6 is 8.51 Å². The van der Waals surface area contributed by atoms with E-state index in [1.807, 2.05) is 0 Å². The van der Waals surface area contributed by atoms with Gasteiger partial charge in [0.2, 0.25) is 0 Å². The summed E-state index contributed by atoms with van der Waals surface area (Å²) in [6, 6.07) is 0. The average Bonchev–Trinajstić information content (AvgIpc) is 1.00. The van der Waals surface area contributed by atoms with E-state index in [2.05, 4.69) is 0 Å². The SMILES string of the molecule is O.O.O.O.O.O.[Cl][Zr]. The van der Waals surface area contributed by atoms with Gasteiger partial charge in [0.05, 0.1) is 0 Å². The second-order valence-electron chi connectivity index (χ2n) is 0. The van der Waals surface area contributed by atoms with Gasteiger partial charge in [-0.25, -0.2) is 0 Å². The molecule has 0 heterocycles. The van der Waals surface area contributed by atoms with E-state index in [-0.39, 0.29) is 32.9 Å². The molecule has 0 aliphatic carbocycles. The molecule has 8 heteroatoms. The van der Waals surface area contributed by atoms with Crippen molar-refractivity contribution < 1.29 is 56.4 Å². The number of hydrogen-bond donors (Lipinski definition) is 0. The van der Waals surface area contributed by atoms with Crippen LogP contribution in [0.4, 0.5) is 0 Å². The molecule has 0 radical (unpaired) electrons. The third kappa shape index (κ3) is 280. The normalized spacial score (nSPS) is 0.500. The summed E-state index contributed by atoms with van der Waals surface area (Å²) in [7, 11) is 4.73. The molecule has 0 unspecified atom stereocenters. The van der Waals surface area contributed by atoms with Crippen LogP contribution in [0.5, 0.6) is 0 Å². The van der Waals surface area contributed by atoms with Crippen molar-refractivity contribution in [3.05, 3.63) is 0 Å². The number of halogens is 1. The molecular formula is H12ClO6Zr. The fourth-order valence-corrected chi connectivity index (χ4v) is 0. The quantitative estimate of drug-likeness (QED) is 0.393. The van der Waals surface area contributed by atoms with E-state index >= 15 is 0 Å². The van der Waals surface area contributed by atoms with Gasteiger partial charge in [-0.2, -0.15) is 0 Å². The van der Waals surface area contributed by atoms with Crippen LogP contribution in [-0.2, 0) is 23.5 Å². The summed E-state index contributed by atoms with van der Waals surface area (Å²) in [4.78, 5) is 0. The van der Waals surface area contributed by atoms with Gasteiger partial charge in [-0.1, -0.05) is 0 Å². The van der Waals surface area contributed by atoms with Gasteiger partial charge in [-0.3, -0.25) is 0 Å². The number of hydrogen-bond acceptors (Lipinski definition) is 0. The van der Waals surface area contributed by atoms with E-state index in [4.69, 9.17) is 8.51 Å². The van der Waals surface area contributed by atoms with Crippen molar-refractivity contribution in [2.75, 3.05) is 0 Å². The van der Waals surface area contributed by atoms with E-state index in [0.717, 1.165) is 23.5 Å². The molecule has 12 N–H and O–H groups in total. The Morgan fingerprint density at radius 2 is 0.500 bits per heavy atom. The molecule has 0 amide bonds. The minimum absolute atomic E-state index is 0. The van der Waals surface area contributed by atoms with Gasteiger partial charge in [0.1, 0.15) is 0 Å². The first-order chi connectivity index (χ1) is 1.00. The van der Waals surface area contributed by atoms with Gasteiger partial charge < -0.3 is 32.9 Å². The van der Waals surface area contributed by atoms with Crippen LogP contribution in [0.25, 0.3) is 0 Å². The van der Waals surface area contributed by atoms with Crippen LogP contribution in [0.3, 0.4) is 0 Å². The Morgan fingerprint density at radius 3 is 0.500 bits per heavy atom. The third-order valence-corrected chi connectivity index (χ3v) is 0. The molecule has 0 atom stereocenters. The van der Waals surface area contributed by atoms with Gasteiger partial charge in [0, 0.05) is 0 Å². The third-order valence-electron chi connectivity index (χ3n) is 0. The monoisotopic (exact) mass is 233 g/mol. The Hall–Kier alpha value is 0.933. The van der Waals surface area contributed by atoms with Crippen LogP contribution in [0, 0.1) is 0 Å². The number of rotatable bonds is 0. The van der Waals surface area contributed by atoms with Crippen molar-refractivity contribution in [2.45, 2.75) is 0 Å². The van der Waals surface area contributed by atoms with E-state index in [1.54, 1.807) is 0 Å². The van der Waals surface area contributed by atoms with Gasteiger partial charge in [-0.15, -0.1) is 0 Å². The first-order valence-corrected chi connectivity index (χ1v) is 3.35. The zero-order valence-electron chi connectivity index (χ0n) is 3.88. The van der Waals surface area contributed by atoms with Crippen LogP contribution in [0.2, 0.25) is 0 Å². The second-order valence-corrected chi connectivity index (χ2v) is 0. The summed E-state index contributed by atoms with van der Waals surface area (Å²) in [5.41, 5.74) is 0. The summed E-state index contributed by atoms with van der Waals surface area (Å²) in [5, 5.41) is 0. The van der Waals surface area contributed by atoms with Crippen LogP contribution in [0.1, 0.15) is 0 Å². The van der Waals surface area contributed by atoms with Crippen molar-refractivity contribution in [3.63, 3.8) is 0 Å². The Balaban J connectivity index is -0.000000000333. The topological polar surface area (TPSA) is 189 Å². The zero-order valence-corrected chi connectivity index (χ0v) is 7.09. The summed E-state index contributed by atoms with van der Waals surface area (Å²) in [6.07, 6.45) is 0. The van der Waals surface area contributed by atoms with Crippen LogP contribution in [-0.4, -0.2) is 32.9 Å². The summed E-state index contributed by atoms with van der Waals surface area (Å²) in [5.74, 6) is 0. The molecule has 0 aromatic rings. The molecular weight excluding hydrogens is 223 g/mol. The summed E-state index contributed by atoms with van der Waals surface area (Å²) >= 11 is 1.02. The molecule has 0 fully saturated rings. The van der Waals surface area contributed by atoms with Gasteiger partial charge in [-0.05, 0) is 0 Å². The molecule has 8 heavy (non-hydrogen) atoms. The van der Waals surface area contributed by atoms with Crippen molar-refractivity contribution in [1.29, 1.82) is 0 Å². The summed E-state index contributed by atoms with van der Waals surface area (Å²) in [6.45, 7) is 0. The van der Waals surface area contributed by atoms with Crippen molar-refractivity contribution in [1.82, 2.24) is 0 Å². The predicted octanol–water partition coefficient (Wildman–Crippen LogP) is -4.26. The zero-order chi connectivity index (χ0) is 2.00. The molecule has 6 nitrogen and oxygen atoms in total. The summed E-state index contributed by atoms with van der Waals surface area (Å²) < 4.78 is 0. The molecule has 0 aromatic heterocycles. The van der Waals surface area contributed by atoms with Gasteiger partial charge in [0.25, 0.3) is 0 Å². The van der Waals surface area contributed by atoms with Crippen molar-refractivity contribution >= 4 is 8.51 Å². The van der Waals surface area contributed by atoms with E-state index in [1.165, 1.54) is 0 Å². The van der Waals surface area contributed by atoms with Gasteiger partial charge in [0.15, 0.2) is 0 Å². The molecule has 0 bridgehead atoms. The fourth-order valence-electron chi connectivity index (χ4n) is 0. The minimum atomic E-state index is 0. The molecule has 0 aliphatic rings. The Kier molecular flexibility index (Phi) is 8240. The van der Waals surface area contributed by atoms with Crippen LogP contribution < -0.4 is 0 Å². The average molecular weight is 235 g/mol. The molecule has 59 valence electrons. The van der Waals surface area contributed by atoms with Crippen molar-refractivity contribution in [3.8, 4) is 0 Å². The maximum absolute atomic E-state index is 4.73. The molecule has 0 rings (SSSR count). The molecule has 0 aromatic carbocycles. The van der Waals surface area contributed by atoms with E-state index < -0.39 is 0 Å². The van der Waals surface area contributed by atoms with Crippen molar-refractivity contribution in [2.24, 2.45) is 0 Å². The Labute approximate surface area is 65.1 Å². The van der Waals surface area contributed by atoms with E-state index in [0.29, 0.717) is 0 Å². The molecule has 0 saturated carbocycles. The Morgan fingerprint density at radius 1 is 0.500 bits per heavy atom. The van der Waals surface area contributed by atoms with Gasteiger partial charge >= 0.3 is 32.0 Å². The molecule has 0 aliphatic heterocycles. The first-order valence-electron chi connectivity index (χ1n) is 0.189. The fraction of sp³-hybridized carbons (Fsp3) is 0. The second kappa shape index (κ2) is 438. The first kappa shape index (κ1) is 150. The van der Waals surface area contributed by atoms with E-state index in [9.17, 15) is 0 Å². The standard InChI is InChI=1S/ClH.6H2O.Zr/h1H;6*1H2;/q;;;;;;;+1/p-1. The van der Waals surface area contributed by atoms with Crippen LogP contribution in [0.15, 0.2) is 0 Å².